The largest absolute Gasteiger partial charge is 0.369 e. The molecule has 1 saturated carbocycles. The third-order valence-electron chi connectivity index (χ3n) is 3.64. The molecule has 3 nitrogen and oxygen atoms in total. The summed E-state index contributed by atoms with van der Waals surface area (Å²) in [5.74, 6) is 0.952. The van der Waals surface area contributed by atoms with Crippen LogP contribution < -0.4 is 5.32 Å². The van der Waals surface area contributed by atoms with E-state index in [4.69, 9.17) is 0 Å². The molecule has 1 aromatic rings. The molecule has 5 heteroatoms. The van der Waals surface area contributed by atoms with Crippen LogP contribution in [0.5, 0.6) is 0 Å². The van der Waals surface area contributed by atoms with Crippen molar-refractivity contribution >= 4 is 29.3 Å². The molecule has 0 radical (unpaired) electrons. The Morgan fingerprint density at radius 2 is 2.00 bits per heavy atom. The van der Waals surface area contributed by atoms with Gasteiger partial charge in [-0.1, -0.05) is 19.3 Å². The first-order valence-corrected chi connectivity index (χ1v) is 8.88. The second kappa shape index (κ2) is 6.66. The van der Waals surface area contributed by atoms with E-state index < -0.39 is 0 Å². The van der Waals surface area contributed by atoms with E-state index in [2.05, 4.69) is 21.5 Å². The van der Waals surface area contributed by atoms with Gasteiger partial charge in [0.1, 0.15) is 17.2 Å². The highest BCUT2D eigenvalue weighted by Crippen LogP contribution is 2.38. The molecule has 1 aliphatic carbocycles. The summed E-state index contributed by atoms with van der Waals surface area (Å²) in [5, 5.41) is 4.52. The Morgan fingerprint density at radius 1 is 1.22 bits per heavy atom. The minimum atomic E-state index is 0.405. The maximum absolute atomic E-state index is 4.29. The van der Waals surface area contributed by atoms with E-state index in [1.807, 2.05) is 24.1 Å². The topological polar surface area (TPSA) is 37.8 Å². The van der Waals surface area contributed by atoms with Crippen LogP contribution in [0, 0.1) is 0 Å². The monoisotopic (exact) mass is 283 g/mol. The highest BCUT2D eigenvalue weighted by atomic mass is 32.2. The standard InChI is InChI=1S/C13H21N3S2/c1-17-12-8-11(15-10-16-12)14-9-13(18-2)6-4-3-5-7-13/h8,10H,3-7,9H2,1-2H3,(H,14,15,16). The number of nitrogens with zero attached hydrogens (tertiary/aromatic N) is 2. The molecule has 1 fully saturated rings. The van der Waals surface area contributed by atoms with Gasteiger partial charge < -0.3 is 5.32 Å². The first-order chi connectivity index (χ1) is 8.78. The molecule has 1 N–H and O–H groups in total. The van der Waals surface area contributed by atoms with E-state index in [9.17, 15) is 0 Å². The van der Waals surface area contributed by atoms with Crippen LogP contribution >= 0.6 is 23.5 Å². The van der Waals surface area contributed by atoms with Crippen molar-refractivity contribution in [3.63, 3.8) is 0 Å². The number of hydrogen-bond acceptors (Lipinski definition) is 5. The summed E-state index contributed by atoms with van der Waals surface area (Å²) in [4.78, 5) is 8.49. The lowest BCUT2D eigenvalue weighted by molar-refractivity contribution is 0.411. The van der Waals surface area contributed by atoms with Crippen molar-refractivity contribution in [3.05, 3.63) is 12.4 Å². The summed E-state index contributed by atoms with van der Waals surface area (Å²) in [5.41, 5.74) is 0. The molecule has 0 unspecified atom stereocenters. The Hall–Kier alpha value is -0.420. The first-order valence-electron chi connectivity index (χ1n) is 6.43. The van der Waals surface area contributed by atoms with E-state index in [1.165, 1.54) is 32.1 Å². The maximum atomic E-state index is 4.29. The van der Waals surface area contributed by atoms with Gasteiger partial charge in [-0.05, 0) is 25.4 Å². The zero-order chi connectivity index (χ0) is 12.8. The fourth-order valence-electron chi connectivity index (χ4n) is 2.45. The molecular formula is C13H21N3S2. The Kier molecular flexibility index (Phi) is 5.18. The highest BCUT2D eigenvalue weighted by Gasteiger charge is 2.30. The summed E-state index contributed by atoms with van der Waals surface area (Å²) in [6, 6.07) is 2.03. The second-order valence-corrected chi connectivity index (χ2v) is 6.85. The summed E-state index contributed by atoms with van der Waals surface area (Å²) < 4.78 is 0.405. The predicted octanol–water partition coefficient (Wildman–Crippen LogP) is 3.68. The average Bonchev–Trinajstić information content (AvgIpc) is 2.46. The molecule has 2 rings (SSSR count). The van der Waals surface area contributed by atoms with Crippen LogP contribution in [-0.2, 0) is 0 Å². The van der Waals surface area contributed by atoms with E-state index >= 15 is 0 Å². The molecule has 100 valence electrons. The molecule has 0 amide bonds. The number of anilines is 1. The van der Waals surface area contributed by atoms with E-state index in [0.29, 0.717) is 4.75 Å². The van der Waals surface area contributed by atoms with Gasteiger partial charge in [0.2, 0.25) is 0 Å². The summed E-state index contributed by atoms with van der Waals surface area (Å²) >= 11 is 3.66. The van der Waals surface area contributed by atoms with Crippen LogP contribution in [-0.4, -0.2) is 33.8 Å². The van der Waals surface area contributed by atoms with Crippen molar-refractivity contribution in [3.8, 4) is 0 Å². The third-order valence-corrected chi connectivity index (χ3v) is 5.70. The number of rotatable bonds is 5. The molecule has 1 aliphatic rings. The van der Waals surface area contributed by atoms with Gasteiger partial charge in [0.05, 0.1) is 0 Å². The van der Waals surface area contributed by atoms with Crippen LogP contribution in [0.3, 0.4) is 0 Å². The van der Waals surface area contributed by atoms with Crippen molar-refractivity contribution < 1.29 is 0 Å². The average molecular weight is 283 g/mol. The predicted molar refractivity (Wildman–Crippen MR) is 81.6 cm³/mol. The van der Waals surface area contributed by atoms with Crippen LogP contribution in [0.4, 0.5) is 5.82 Å². The number of nitrogens with one attached hydrogen (secondary N) is 1. The van der Waals surface area contributed by atoms with Gasteiger partial charge in [-0.15, -0.1) is 11.8 Å². The third kappa shape index (κ3) is 3.54. The molecule has 18 heavy (non-hydrogen) atoms. The van der Waals surface area contributed by atoms with Gasteiger partial charge in [-0.2, -0.15) is 11.8 Å². The Balaban J connectivity index is 1.96. The Morgan fingerprint density at radius 3 is 2.67 bits per heavy atom. The minimum absolute atomic E-state index is 0.405. The molecule has 0 spiro atoms. The smallest absolute Gasteiger partial charge is 0.130 e. The maximum Gasteiger partial charge on any atom is 0.130 e. The lowest BCUT2D eigenvalue weighted by atomic mass is 9.88. The van der Waals surface area contributed by atoms with Crippen molar-refractivity contribution in [2.75, 3.05) is 24.4 Å². The van der Waals surface area contributed by atoms with E-state index in [1.54, 1.807) is 18.1 Å². The molecule has 1 aromatic heterocycles. The molecule has 0 aromatic carbocycles. The van der Waals surface area contributed by atoms with Crippen molar-refractivity contribution in [2.24, 2.45) is 0 Å². The molecule has 0 atom stereocenters. The molecular weight excluding hydrogens is 262 g/mol. The van der Waals surface area contributed by atoms with Crippen LogP contribution in [0.15, 0.2) is 17.4 Å². The lowest BCUT2D eigenvalue weighted by Gasteiger charge is -2.36. The van der Waals surface area contributed by atoms with Crippen LogP contribution in [0.25, 0.3) is 0 Å². The number of thioether (sulfide) groups is 2. The lowest BCUT2D eigenvalue weighted by Crippen LogP contribution is -2.35. The quantitative estimate of drug-likeness (QED) is 0.659. The molecule has 1 heterocycles. The fourth-order valence-corrected chi connectivity index (χ4v) is 3.74. The summed E-state index contributed by atoms with van der Waals surface area (Å²) in [6.07, 6.45) is 12.7. The summed E-state index contributed by atoms with van der Waals surface area (Å²) in [6.45, 7) is 1.01. The van der Waals surface area contributed by atoms with Crippen molar-refractivity contribution in [2.45, 2.75) is 41.9 Å². The zero-order valence-corrected chi connectivity index (χ0v) is 12.7. The second-order valence-electron chi connectivity index (χ2n) is 4.75. The van der Waals surface area contributed by atoms with E-state index in [0.717, 1.165) is 17.4 Å². The van der Waals surface area contributed by atoms with Gasteiger partial charge in [0.15, 0.2) is 0 Å². The van der Waals surface area contributed by atoms with Crippen molar-refractivity contribution in [1.29, 1.82) is 0 Å². The van der Waals surface area contributed by atoms with Gasteiger partial charge in [-0.25, -0.2) is 9.97 Å². The van der Waals surface area contributed by atoms with Crippen molar-refractivity contribution in [1.82, 2.24) is 9.97 Å². The first kappa shape index (κ1) is 14.0. The van der Waals surface area contributed by atoms with Gasteiger partial charge in [0, 0.05) is 17.4 Å². The molecule has 0 saturated heterocycles. The highest BCUT2D eigenvalue weighted by molar-refractivity contribution is 8.00. The van der Waals surface area contributed by atoms with E-state index in [-0.39, 0.29) is 0 Å². The number of hydrogen-bond donors (Lipinski definition) is 1. The van der Waals surface area contributed by atoms with Gasteiger partial charge in [-0.3, -0.25) is 0 Å². The van der Waals surface area contributed by atoms with Gasteiger partial charge in [0.25, 0.3) is 0 Å². The Bertz CT molecular complexity index is 378. The van der Waals surface area contributed by atoms with Crippen LogP contribution in [0.2, 0.25) is 0 Å². The van der Waals surface area contributed by atoms with Crippen LogP contribution in [0.1, 0.15) is 32.1 Å². The molecule has 0 bridgehead atoms. The zero-order valence-electron chi connectivity index (χ0n) is 11.1. The Labute approximate surface area is 118 Å². The molecule has 0 aliphatic heterocycles. The normalized spacial score (nSPS) is 18.6. The number of aromatic nitrogens is 2. The minimum Gasteiger partial charge on any atom is -0.369 e. The van der Waals surface area contributed by atoms with Gasteiger partial charge >= 0.3 is 0 Å². The SMILES string of the molecule is CSc1cc(NCC2(SC)CCCCC2)ncn1. The fraction of sp³-hybridized carbons (Fsp3) is 0.692. The summed E-state index contributed by atoms with van der Waals surface area (Å²) in [7, 11) is 0.